The lowest BCUT2D eigenvalue weighted by Crippen LogP contribution is -2.53. The van der Waals surface area contributed by atoms with Crippen molar-refractivity contribution in [2.24, 2.45) is 11.1 Å². The van der Waals surface area contributed by atoms with E-state index in [1.807, 2.05) is 6.07 Å². The zero-order valence-electron chi connectivity index (χ0n) is 27.3. The van der Waals surface area contributed by atoms with Crippen LogP contribution in [0.1, 0.15) is 37.4 Å². The number of carboxylic acids is 1. The molecule has 19 heteroatoms. The van der Waals surface area contributed by atoms with E-state index in [1.54, 1.807) is 12.3 Å². The van der Waals surface area contributed by atoms with Crippen LogP contribution in [0.4, 0.5) is 23.2 Å². The van der Waals surface area contributed by atoms with Crippen molar-refractivity contribution in [1.29, 1.82) is 0 Å². The molecule has 53 heavy (non-hydrogen) atoms. The van der Waals surface area contributed by atoms with Crippen LogP contribution in [0.5, 0.6) is 5.75 Å². The van der Waals surface area contributed by atoms with Crippen LogP contribution < -0.4 is 20.7 Å². The van der Waals surface area contributed by atoms with Gasteiger partial charge in [-0.15, -0.1) is 13.2 Å². The lowest BCUT2D eigenvalue weighted by molar-refractivity contribution is -0.274. The van der Waals surface area contributed by atoms with Gasteiger partial charge in [-0.25, -0.2) is 9.18 Å². The molecule has 3 unspecified atom stereocenters. The lowest BCUT2D eigenvalue weighted by Gasteiger charge is -2.37. The molecule has 3 amide bonds. The third-order valence-electron chi connectivity index (χ3n) is 10.1. The highest BCUT2D eigenvalue weighted by Gasteiger charge is 2.73. The van der Waals surface area contributed by atoms with E-state index < -0.39 is 86.2 Å². The molecule has 278 valence electrons. The number of carbonyl (C=O) groups is 4. The Bertz CT molecular complexity index is 2080. The Morgan fingerprint density at radius 2 is 1.75 bits per heavy atom. The summed E-state index contributed by atoms with van der Waals surface area (Å²) in [7, 11) is 0. The highest BCUT2D eigenvalue weighted by molar-refractivity contribution is 14.1. The molecule has 2 saturated carbocycles. The zero-order valence-corrected chi connectivity index (χ0v) is 30.9. The van der Waals surface area contributed by atoms with E-state index >= 15 is 0 Å². The third kappa shape index (κ3) is 6.19. The number of nitrogens with zero attached hydrogens (tertiary/aromatic N) is 4. The number of anilines is 1. The molecule has 2 aliphatic heterocycles. The van der Waals surface area contributed by atoms with E-state index in [9.17, 15) is 41.8 Å². The van der Waals surface area contributed by atoms with Gasteiger partial charge in [-0.3, -0.25) is 24.3 Å². The fourth-order valence-electron chi connectivity index (χ4n) is 7.26. The van der Waals surface area contributed by atoms with Crippen molar-refractivity contribution in [3.8, 4) is 5.75 Å². The number of aromatic nitrogens is 1. The maximum absolute atomic E-state index is 14.7. The summed E-state index contributed by atoms with van der Waals surface area (Å²) >= 11 is 14.4. The van der Waals surface area contributed by atoms with Crippen LogP contribution in [0.3, 0.4) is 0 Å². The van der Waals surface area contributed by atoms with Crippen molar-refractivity contribution in [2.75, 3.05) is 4.90 Å². The van der Waals surface area contributed by atoms with Crippen molar-refractivity contribution in [3.05, 3.63) is 97.3 Å². The molecule has 4 atom stereocenters. The van der Waals surface area contributed by atoms with Gasteiger partial charge in [-0.2, -0.15) is 0 Å². The van der Waals surface area contributed by atoms with E-state index in [0.717, 1.165) is 32.7 Å². The van der Waals surface area contributed by atoms with Crippen LogP contribution in [0.15, 0.2) is 66.6 Å². The molecule has 1 aromatic heterocycles. The fourth-order valence-corrected chi connectivity index (χ4v) is 8.05. The minimum absolute atomic E-state index is 0.0411. The molecular weight excluding hydrogens is 862 g/mol. The average Bonchev–Trinajstić information content (AvgIpc) is 3.97. The second-order valence-corrected chi connectivity index (χ2v) is 15.5. The van der Waals surface area contributed by atoms with Gasteiger partial charge in [-0.05, 0) is 90.7 Å². The lowest BCUT2D eigenvalue weighted by atomic mass is 9.90. The van der Waals surface area contributed by atoms with E-state index in [4.69, 9.17) is 28.9 Å². The molecule has 3 heterocycles. The summed E-state index contributed by atoms with van der Waals surface area (Å²) in [5.41, 5.74) is 1.92. The first-order valence-electron chi connectivity index (χ1n) is 15.9. The summed E-state index contributed by atoms with van der Waals surface area (Å²) in [4.78, 5) is 63.1. The van der Waals surface area contributed by atoms with Gasteiger partial charge in [0.15, 0.2) is 12.1 Å². The number of nitrogens with one attached hydrogen (secondary N) is 1. The van der Waals surface area contributed by atoms with Crippen LogP contribution in [-0.4, -0.2) is 67.8 Å². The Morgan fingerprint density at radius 1 is 1.11 bits per heavy atom. The predicted molar refractivity (Wildman–Crippen MR) is 188 cm³/mol. The van der Waals surface area contributed by atoms with Crippen molar-refractivity contribution in [3.63, 3.8) is 0 Å². The quantitative estimate of drug-likeness (QED) is 0.107. The number of benzene rings is 2. The number of aliphatic carboxylic acids is 1. The van der Waals surface area contributed by atoms with Crippen molar-refractivity contribution < 1.29 is 46.6 Å². The SMILES string of the molecule is C[C@@]1(Cc2ccc(OC(F)(F)F)cc2)C(=O)N(c2cc(Cl)c(F)c(Cl)c2)C2N(C3CC3(C(N)=O)C(=O)NC3(c4ccc(I)cn4)CC3)C=C(C(=O)O)N21. The topological polar surface area (TPSA) is 158 Å². The minimum atomic E-state index is -4.95. The van der Waals surface area contributed by atoms with Gasteiger partial charge < -0.3 is 30.7 Å². The van der Waals surface area contributed by atoms with E-state index in [-0.39, 0.29) is 18.5 Å². The van der Waals surface area contributed by atoms with Gasteiger partial charge >= 0.3 is 12.3 Å². The number of carboxylic acid groups (broad SMARTS) is 1. The smallest absolute Gasteiger partial charge is 0.477 e. The largest absolute Gasteiger partial charge is 0.573 e. The number of alkyl halides is 3. The third-order valence-corrected chi connectivity index (χ3v) is 11.3. The minimum Gasteiger partial charge on any atom is -0.477 e. The van der Waals surface area contributed by atoms with Gasteiger partial charge in [-0.1, -0.05) is 35.3 Å². The highest BCUT2D eigenvalue weighted by Crippen LogP contribution is 2.57. The maximum Gasteiger partial charge on any atom is 0.573 e. The van der Waals surface area contributed by atoms with Gasteiger partial charge in [0.1, 0.15) is 22.4 Å². The number of fused-ring (bicyclic) bond motifs is 1. The van der Waals surface area contributed by atoms with Gasteiger partial charge in [0.2, 0.25) is 11.8 Å². The summed E-state index contributed by atoms with van der Waals surface area (Å²) in [5, 5.41) is 12.5. The molecule has 0 radical (unpaired) electrons. The number of hydrogen-bond donors (Lipinski definition) is 3. The predicted octanol–water partition coefficient (Wildman–Crippen LogP) is 5.26. The molecule has 3 fully saturated rings. The van der Waals surface area contributed by atoms with Crippen molar-refractivity contribution in [2.45, 2.75) is 62.4 Å². The Hall–Kier alpha value is -4.36. The Morgan fingerprint density at radius 3 is 2.28 bits per heavy atom. The van der Waals surface area contributed by atoms with Crippen LogP contribution in [0, 0.1) is 14.8 Å². The number of nitrogens with two attached hydrogens (primary N) is 1. The summed E-state index contributed by atoms with van der Waals surface area (Å²) < 4.78 is 57.9. The van der Waals surface area contributed by atoms with Gasteiger partial charge in [0, 0.05) is 22.4 Å². The molecular formula is C34H27Cl2F4IN6O6. The number of amides is 3. The van der Waals surface area contributed by atoms with E-state index in [0.29, 0.717) is 24.1 Å². The normalized spacial score (nSPS) is 25.5. The first-order valence-corrected chi connectivity index (χ1v) is 17.7. The zero-order chi connectivity index (χ0) is 38.4. The number of hydrogen-bond acceptors (Lipinski definition) is 8. The van der Waals surface area contributed by atoms with E-state index in [1.165, 1.54) is 35.1 Å². The first-order chi connectivity index (χ1) is 24.8. The Balaban J connectivity index is 1.28. The molecule has 4 N–H and O–H groups in total. The number of carbonyl (C=O) groups excluding carboxylic acids is 3. The van der Waals surface area contributed by atoms with Crippen molar-refractivity contribution in [1.82, 2.24) is 20.1 Å². The second-order valence-electron chi connectivity index (χ2n) is 13.5. The summed E-state index contributed by atoms with van der Waals surface area (Å²) in [6.07, 6.45) is -2.78. The van der Waals surface area contributed by atoms with Crippen LogP contribution >= 0.6 is 45.8 Å². The molecule has 1 saturated heterocycles. The Kier molecular flexibility index (Phi) is 8.80. The first kappa shape index (κ1) is 37.0. The number of halogens is 7. The average molecular weight is 889 g/mol. The highest BCUT2D eigenvalue weighted by atomic mass is 127. The number of ether oxygens (including phenoxy) is 1. The summed E-state index contributed by atoms with van der Waals surface area (Å²) in [6.45, 7) is 1.43. The maximum atomic E-state index is 14.7. The molecule has 0 spiro atoms. The molecule has 2 aliphatic carbocycles. The second kappa shape index (κ2) is 12.6. The van der Waals surface area contributed by atoms with Crippen LogP contribution in [0.25, 0.3) is 0 Å². The van der Waals surface area contributed by atoms with Gasteiger partial charge in [0.05, 0.1) is 33.0 Å². The molecule has 7 rings (SSSR count). The summed E-state index contributed by atoms with van der Waals surface area (Å²) in [5.74, 6) is -5.38. The monoisotopic (exact) mass is 888 g/mol. The molecule has 0 bridgehead atoms. The number of rotatable bonds is 10. The van der Waals surface area contributed by atoms with E-state index in [2.05, 4.69) is 37.6 Å². The van der Waals surface area contributed by atoms with Crippen LogP contribution in [-0.2, 0) is 31.1 Å². The summed E-state index contributed by atoms with van der Waals surface area (Å²) in [6, 6.07) is 9.47. The fraction of sp³-hybridized carbons (Fsp3) is 0.324. The molecule has 3 aromatic rings. The molecule has 4 aliphatic rings. The Labute approximate surface area is 322 Å². The molecule has 2 aromatic carbocycles. The number of primary amides is 1. The molecule has 12 nitrogen and oxygen atoms in total. The van der Waals surface area contributed by atoms with Crippen molar-refractivity contribution >= 4 is 75.2 Å². The standard InChI is InChI=1S/C34H27Cl2F4IN6O6/c1-31(12-16-2-5-19(6-3-16)53-34(38,39)40)29(52)46(18-10-20(35)25(37)21(36)11-18)30-45(15-22(26(48)49)47(30)31)24-13-33(24,27(42)50)28(51)44-32(8-9-32)23-7-4-17(41)14-43-23/h2-7,10-11,14-15,24,30H,8-9,12-13H2,1H3,(H2,42,50)(H,44,51)(H,48,49)/t24?,30?,31-,33?/m1/s1. The van der Waals surface area contributed by atoms with Crippen LogP contribution in [0.2, 0.25) is 10.0 Å². The van der Waals surface area contributed by atoms with Gasteiger partial charge in [0.25, 0.3) is 5.91 Å². The number of pyridine rings is 1.